The third-order valence-electron chi connectivity index (χ3n) is 4.83. The highest BCUT2D eigenvalue weighted by molar-refractivity contribution is 7.89. The highest BCUT2D eigenvalue weighted by Gasteiger charge is 2.30. The fraction of sp³-hybridized carbons (Fsp3) is 0.444. The summed E-state index contributed by atoms with van der Waals surface area (Å²) in [5, 5.41) is 4.11. The van der Waals surface area contributed by atoms with E-state index in [1.54, 1.807) is 24.3 Å². The normalized spacial score (nSPS) is 16.7. The molecule has 140 valence electrons. The summed E-state index contributed by atoms with van der Waals surface area (Å²) in [6.07, 6.45) is 3.10. The summed E-state index contributed by atoms with van der Waals surface area (Å²) in [5.41, 5.74) is 0.120. The Hall–Kier alpha value is -2.03. The van der Waals surface area contributed by atoms with Crippen LogP contribution in [-0.4, -0.2) is 57.5 Å². The van der Waals surface area contributed by atoms with E-state index in [1.165, 1.54) is 17.6 Å². The number of fused-ring (bicyclic) bond motifs is 1. The van der Waals surface area contributed by atoms with Crippen molar-refractivity contribution in [1.82, 2.24) is 14.6 Å². The molecule has 1 aliphatic rings. The Morgan fingerprint density at radius 3 is 2.65 bits per heavy atom. The zero-order chi connectivity index (χ0) is 18.7. The number of ether oxygens (including phenoxy) is 1. The minimum Gasteiger partial charge on any atom is -0.464 e. The number of hydrogen-bond donors (Lipinski definition) is 1. The molecule has 0 atom stereocenters. The van der Waals surface area contributed by atoms with Gasteiger partial charge >= 0.3 is 5.97 Å². The van der Waals surface area contributed by atoms with Crippen molar-refractivity contribution < 1.29 is 17.9 Å². The summed E-state index contributed by atoms with van der Waals surface area (Å²) in [4.78, 5) is 16.2. The maximum absolute atomic E-state index is 13.2. The topological polar surface area (TPSA) is 88.6 Å². The van der Waals surface area contributed by atoms with Crippen LogP contribution in [0.25, 0.3) is 10.8 Å². The molecule has 2 heterocycles. The molecule has 1 N–H and O–H groups in total. The maximum Gasteiger partial charge on any atom is 0.357 e. The Morgan fingerprint density at radius 1 is 1.27 bits per heavy atom. The van der Waals surface area contributed by atoms with Crippen molar-refractivity contribution in [3.63, 3.8) is 0 Å². The number of esters is 1. The van der Waals surface area contributed by atoms with E-state index in [0.29, 0.717) is 29.8 Å². The number of benzene rings is 1. The average Bonchev–Trinajstić information content (AvgIpc) is 2.67. The van der Waals surface area contributed by atoms with Crippen molar-refractivity contribution in [3.05, 3.63) is 36.2 Å². The number of sulfonamides is 1. The molecule has 7 nitrogen and oxygen atoms in total. The van der Waals surface area contributed by atoms with Gasteiger partial charge in [-0.3, -0.25) is 0 Å². The number of methoxy groups -OCH3 is 1. The first-order valence-corrected chi connectivity index (χ1v) is 10.0. The number of piperidine rings is 1. The monoisotopic (exact) mass is 377 g/mol. The number of rotatable bonds is 5. The summed E-state index contributed by atoms with van der Waals surface area (Å²) in [6.45, 7) is 1.90. The van der Waals surface area contributed by atoms with Crippen molar-refractivity contribution in [3.8, 4) is 0 Å². The van der Waals surface area contributed by atoms with Gasteiger partial charge in [0.1, 0.15) is 0 Å². The molecule has 0 unspecified atom stereocenters. The number of aromatic nitrogens is 1. The fourth-order valence-electron chi connectivity index (χ4n) is 3.44. The first-order chi connectivity index (χ1) is 12.5. The molecule has 1 aromatic carbocycles. The van der Waals surface area contributed by atoms with Crippen LogP contribution in [0.4, 0.5) is 0 Å². The fourth-order valence-corrected chi connectivity index (χ4v) is 5.12. The van der Waals surface area contributed by atoms with Crippen LogP contribution in [-0.2, 0) is 14.8 Å². The van der Waals surface area contributed by atoms with Gasteiger partial charge in [-0.1, -0.05) is 12.1 Å². The molecule has 0 saturated carbocycles. The SMILES string of the molecule is CNCC1CCN(S(=O)(=O)c2cccc3c(C(=O)OC)nccc23)CC1. The number of carbonyl (C=O) groups excluding carboxylic acids is 1. The standard InChI is InChI=1S/C18H23N3O4S/c1-19-12-13-7-10-21(11-8-13)26(23,24)16-5-3-4-15-14(16)6-9-20-17(15)18(22)25-2/h3-6,9,13,19H,7-8,10-12H2,1-2H3. The average molecular weight is 377 g/mol. The minimum absolute atomic E-state index is 0.120. The van der Waals surface area contributed by atoms with Crippen molar-refractivity contribution in [2.45, 2.75) is 17.7 Å². The molecule has 26 heavy (non-hydrogen) atoms. The third-order valence-corrected chi connectivity index (χ3v) is 6.79. The molecule has 1 saturated heterocycles. The Balaban J connectivity index is 1.98. The van der Waals surface area contributed by atoms with Crippen molar-refractivity contribution >= 4 is 26.8 Å². The van der Waals surface area contributed by atoms with Crippen molar-refractivity contribution in [2.24, 2.45) is 5.92 Å². The van der Waals surface area contributed by atoms with E-state index in [0.717, 1.165) is 19.4 Å². The van der Waals surface area contributed by atoms with E-state index in [4.69, 9.17) is 4.74 Å². The Morgan fingerprint density at radius 2 is 2.00 bits per heavy atom. The van der Waals surface area contributed by atoms with E-state index < -0.39 is 16.0 Å². The summed E-state index contributed by atoms with van der Waals surface area (Å²) in [6, 6.07) is 6.53. The first-order valence-electron chi connectivity index (χ1n) is 8.60. The second-order valence-corrected chi connectivity index (χ2v) is 8.31. The smallest absolute Gasteiger partial charge is 0.357 e. The van der Waals surface area contributed by atoms with Crippen LogP contribution < -0.4 is 5.32 Å². The minimum atomic E-state index is -3.64. The molecule has 1 aliphatic heterocycles. The van der Waals surface area contributed by atoms with Gasteiger partial charge in [0.15, 0.2) is 5.69 Å². The van der Waals surface area contributed by atoms with Crippen LogP contribution in [0.15, 0.2) is 35.4 Å². The zero-order valence-electron chi connectivity index (χ0n) is 14.9. The third kappa shape index (κ3) is 3.44. The van der Waals surface area contributed by atoms with Crippen molar-refractivity contribution in [2.75, 3.05) is 33.8 Å². The Labute approximate surface area is 153 Å². The summed E-state index contributed by atoms with van der Waals surface area (Å²) < 4.78 is 32.7. The highest BCUT2D eigenvalue weighted by atomic mass is 32.2. The number of nitrogens with zero attached hydrogens (tertiary/aromatic N) is 2. The van der Waals surface area contributed by atoms with Gasteiger partial charge < -0.3 is 10.1 Å². The lowest BCUT2D eigenvalue weighted by atomic mass is 9.98. The first kappa shape index (κ1) is 18.8. The van der Waals surface area contributed by atoms with E-state index >= 15 is 0 Å². The molecule has 1 aromatic heterocycles. The van der Waals surface area contributed by atoms with Crippen LogP contribution >= 0.6 is 0 Å². The zero-order valence-corrected chi connectivity index (χ0v) is 15.8. The van der Waals surface area contributed by atoms with Gasteiger partial charge in [-0.05, 0) is 44.5 Å². The van der Waals surface area contributed by atoms with Gasteiger partial charge in [0.25, 0.3) is 0 Å². The van der Waals surface area contributed by atoms with Gasteiger partial charge in [-0.15, -0.1) is 0 Å². The molecular weight excluding hydrogens is 354 g/mol. The van der Waals surface area contributed by atoms with E-state index in [-0.39, 0.29) is 10.6 Å². The van der Waals surface area contributed by atoms with Gasteiger partial charge in [0, 0.05) is 30.1 Å². The number of nitrogens with one attached hydrogen (secondary N) is 1. The molecule has 0 amide bonds. The largest absolute Gasteiger partial charge is 0.464 e. The highest BCUT2D eigenvalue weighted by Crippen LogP contribution is 2.29. The van der Waals surface area contributed by atoms with Gasteiger partial charge in [-0.2, -0.15) is 4.31 Å². The lowest BCUT2D eigenvalue weighted by Crippen LogP contribution is -2.40. The lowest BCUT2D eigenvalue weighted by Gasteiger charge is -2.31. The Bertz CT molecular complexity index is 906. The predicted molar refractivity (Wildman–Crippen MR) is 98.5 cm³/mol. The van der Waals surface area contributed by atoms with Crippen LogP contribution in [0.2, 0.25) is 0 Å². The lowest BCUT2D eigenvalue weighted by molar-refractivity contribution is 0.0596. The Kier molecular flexibility index (Phi) is 5.55. The summed E-state index contributed by atoms with van der Waals surface area (Å²) >= 11 is 0. The molecule has 0 radical (unpaired) electrons. The number of pyridine rings is 1. The maximum atomic E-state index is 13.2. The summed E-state index contributed by atoms with van der Waals surface area (Å²) in [7, 11) is -0.458. The van der Waals surface area contributed by atoms with Crippen LogP contribution in [0.3, 0.4) is 0 Å². The van der Waals surface area contributed by atoms with Crippen LogP contribution in [0.1, 0.15) is 23.3 Å². The van der Waals surface area contributed by atoms with Crippen LogP contribution in [0.5, 0.6) is 0 Å². The van der Waals surface area contributed by atoms with Gasteiger partial charge in [0.2, 0.25) is 10.0 Å². The molecule has 0 aliphatic carbocycles. The van der Waals surface area contributed by atoms with E-state index in [2.05, 4.69) is 10.3 Å². The molecule has 8 heteroatoms. The van der Waals surface area contributed by atoms with E-state index in [9.17, 15) is 13.2 Å². The van der Waals surface area contributed by atoms with Crippen molar-refractivity contribution in [1.29, 1.82) is 0 Å². The second-order valence-electron chi connectivity index (χ2n) is 6.41. The molecule has 0 bridgehead atoms. The van der Waals surface area contributed by atoms with Crippen LogP contribution in [0, 0.1) is 5.92 Å². The van der Waals surface area contributed by atoms with Gasteiger partial charge in [-0.25, -0.2) is 18.2 Å². The predicted octanol–water partition coefficient (Wildman–Crippen LogP) is 1.64. The number of carbonyl (C=O) groups is 1. The van der Waals surface area contributed by atoms with E-state index in [1.807, 2.05) is 7.05 Å². The quantitative estimate of drug-likeness (QED) is 0.797. The molecule has 0 spiro atoms. The van der Waals surface area contributed by atoms with Gasteiger partial charge in [0.05, 0.1) is 12.0 Å². The second kappa shape index (κ2) is 7.69. The summed E-state index contributed by atoms with van der Waals surface area (Å²) in [5.74, 6) is -0.0906. The molecular formula is C18H23N3O4S. The number of hydrogen-bond acceptors (Lipinski definition) is 6. The molecule has 1 fully saturated rings. The molecule has 3 rings (SSSR count). The molecule has 2 aromatic rings.